The van der Waals surface area contributed by atoms with Gasteiger partial charge in [-0.1, -0.05) is 30.7 Å². The number of benzene rings is 1. The number of nitrogens with zero attached hydrogens (tertiary/aromatic N) is 2. The Balaban J connectivity index is 1.98. The first-order valence-corrected chi connectivity index (χ1v) is 8.38. The Labute approximate surface area is 137 Å². The molecule has 1 aromatic heterocycles. The lowest BCUT2D eigenvalue weighted by Gasteiger charge is -2.13. The zero-order chi connectivity index (χ0) is 15.2. The summed E-state index contributed by atoms with van der Waals surface area (Å²) in [5.74, 6) is 1.03. The van der Waals surface area contributed by atoms with Gasteiger partial charge in [0.2, 0.25) is 0 Å². The van der Waals surface area contributed by atoms with E-state index >= 15 is 0 Å². The van der Waals surface area contributed by atoms with Crippen LogP contribution < -0.4 is 0 Å². The summed E-state index contributed by atoms with van der Waals surface area (Å²) in [5.41, 5.74) is 2.39. The van der Waals surface area contributed by atoms with Crippen molar-refractivity contribution in [2.45, 2.75) is 39.2 Å². The molecule has 0 aliphatic heterocycles. The predicted octanol–water partition coefficient (Wildman–Crippen LogP) is 5.15. The summed E-state index contributed by atoms with van der Waals surface area (Å²) >= 11 is 12.1. The molecular weight excluding hydrogens is 303 g/mol. The Morgan fingerprint density at radius 1 is 1.14 bits per heavy atom. The number of halogens is 2. The van der Waals surface area contributed by atoms with Crippen LogP contribution in [0, 0.1) is 5.92 Å². The third kappa shape index (κ3) is 4.76. The Hall–Kier alpha value is -0.990. The Bertz CT molecular complexity index is 548. The smallest absolute Gasteiger partial charge is 0.0628 e. The van der Waals surface area contributed by atoms with Gasteiger partial charge in [0.05, 0.1) is 5.69 Å². The van der Waals surface area contributed by atoms with Gasteiger partial charge in [0.25, 0.3) is 0 Å². The summed E-state index contributed by atoms with van der Waals surface area (Å²) in [6, 6.07) is 10.6. The summed E-state index contributed by atoms with van der Waals surface area (Å²) < 4.78 is 2.04. The standard InChI is InChI=1S/C17H22Cl2N2/c1-3-13(2)21-9-8-17(20-21)11-15(12-18)10-14-4-6-16(19)7-5-14/h4-9,13,15H,3,10-12H2,1-2H3. The minimum atomic E-state index is 0.396. The van der Waals surface area contributed by atoms with Crippen molar-refractivity contribution >= 4 is 23.2 Å². The third-order valence-corrected chi connectivity index (χ3v) is 4.55. The van der Waals surface area contributed by atoms with E-state index in [4.69, 9.17) is 23.2 Å². The fourth-order valence-corrected chi connectivity index (χ4v) is 2.69. The van der Waals surface area contributed by atoms with Crippen molar-refractivity contribution in [1.82, 2.24) is 9.78 Å². The van der Waals surface area contributed by atoms with E-state index in [9.17, 15) is 0 Å². The SMILES string of the molecule is CCC(C)n1ccc(CC(CCl)Cc2ccc(Cl)cc2)n1. The van der Waals surface area contributed by atoms with Gasteiger partial charge in [0.15, 0.2) is 0 Å². The molecule has 0 amide bonds. The first-order chi connectivity index (χ1) is 10.1. The van der Waals surface area contributed by atoms with Gasteiger partial charge in [0.1, 0.15) is 0 Å². The number of alkyl halides is 1. The van der Waals surface area contributed by atoms with Crippen molar-refractivity contribution in [2.75, 3.05) is 5.88 Å². The first kappa shape index (κ1) is 16.4. The van der Waals surface area contributed by atoms with Crippen molar-refractivity contribution in [3.8, 4) is 0 Å². The molecule has 0 radical (unpaired) electrons. The second-order valence-corrected chi connectivity index (χ2v) is 6.34. The number of rotatable bonds is 7. The zero-order valence-electron chi connectivity index (χ0n) is 12.6. The first-order valence-electron chi connectivity index (χ1n) is 7.46. The van der Waals surface area contributed by atoms with Crippen LogP contribution in [0.15, 0.2) is 36.5 Å². The van der Waals surface area contributed by atoms with E-state index in [0.717, 1.165) is 30.0 Å². The summed E-state index contributed by atoms with van der Waals surface area (Å²) in [7, 11) is 0. The van der Waals surface area contributed by atoms with Gasteiger partial charge < -0.3 is 0 Å². The highest BCUT2D eigenvalue weighted by atomic mass is 35.5. The highest BCUT2D eigenvalue weighted by Gasteiger charge is 2.13. The normalized spacial score (nSPS) is 14.1. The molecule has 21 heavy (non-hydrogen) atoms. The lowest BCUT2D eigenvalue weighted by Crippen LogP contribution is -2.11. The molecule has 0 N–H and O–H groups in total. The van der Waals surface area contributed by atoms with Gasteiger partial charge in [0, 0.05) is 23.1 Å². The maximum atomic E-state index is 6.13. The van der Waals surface area contributed by atoms with Gasteiger partial charge in [-0.3, -0.25) is 4.68 Å². The molecule has 2 unspecified atom stereocenters. The van der Waals surface area contributed by atoms with E-state index in [1.54, 1.807) is 0 Å². The third-order valence-electron chi connectivity index (χ3n) is 3.86. The van der Waals surface area contributed by atoms with E-state index in [2.05, 4.69) is 43.3 Å². The van der Waals surface area contributed by atoms with Crippen LogP contribution in [0.1, 0.15) is 37.6 Å². The average molecular weight is 325 g/mol. The van der Waals surface area contributed by atoms with Crippen LogP contribution in [-0.2, 0) is 12.8 Å². The van der Waals surface area contributed by atoms with Crippen LogP contribution in [0.3, 0.4) is 0 Å². The fraction of sp³-hybridized carbons (Fsp3) is 0.471. The summed E-state index contributed by atoms with van der Waals surface area (Å²) in [4.78, 5) is 0. The quantitative estimate of drug-likeness (QED) is 0.644. The molecule has 4 heteroatoms. The van der Waals surface area contributed by atoms with Gasteiger partial charge in [-0.25, -0.2) is 0 Å². The van der Waals surface area contributed by atoms with Gasteiger partial charge in [-0.15, -0.1) is 11.6 Å². The molecule has 2 atom stereocenters. The monoisotopic (exact) mass is 324 g/mol. The van der Waals surface area contributed by atoms with Crippen LogP contribution in [0.25, 0.3) is 0 Å². The van der Waals surface area contributed by atoms with Crippen molar-refractivity contribution in [3.05, 3.63) is 52.8 Å². The second kappa shape index (κ2) is 7.86. The maximum Gasteiger partial charge on any atom is 0.0628 e. The molecule has 0 aliphatic carbocycles. The largest absolute Gasteiger partial charge is 0.270 e. The van der Waals surface area contributed by atoms with Crippen molar-refractivity contribution in [1.29, 1.82) is 0 Å². The zero-order valence-corrected chi connectivity index (χ0v) is 14.1. The number of hydrogen-bond donors (Lipinski definition) is 0. The van der Waals surface area contributed by atoms with Crippen LogP contribution in [0.4, 0.5) is 0 Å². The van der Waals surface area contributed by atoms with Crippen LogP contribution >= 0.6 is 23.2 Å². The minimum Gasteiger partial charge on any atom is -0.270 e. The Morgan fingerprint density at radius 3 is 2.48 bits per heavy atom. The molecule has 114 valence electrons. The molecule has 2 rings (SSSR count). The molecule has 0 saturated carbocycles. The fourth-order valence-electron chi connectivity index (χ4n) is 2.35. The van der Waals surface area contributed by atoms with Gasteiger partial charge >= 0.3 is 0 Å². The summed E-state index contributed by atoms with van der Waals surface area (Å²) in [6.45, 7) is 4.36. The van der Waals surface area contributed by atoms with E-state index in [1.165, 1.54) is 5.56 Å². The molecule has 2 nitrogen and oxygen atoms in total. The molecular formula is C17H22Cl2N2. The average Bonchev–Trinajstić information content (AvgIpc) is 2.96. The lowest BCUT2D eigenvalue weighted by molar-refractivity contribution is 0.468. The van der Waals surface area contributed by atoms with E-state index in [0.29, 0.717) is 17.8 Å². The molecule has 0 spiro atoms. The number of aromatic nitrogens is 2. The molecule has 1 heterocycles. The molecule has 0 saturated heterocycles. The van der Waals surface area contributed by atoms with Crippen molar-refractivity contribution in [3.63, 3.8) is 0 Å². The van der Waals surface area contributed by atoms with Crippen LogP contribution in [0.5, 0.6) is 0 Å². The molecule has 0 fully saturated rings. The maximum absolute atomic E-state index is 6.13. The van der Waals surface area contributed by atoms with Crippen LogP contribution in [-0.4, -0.2) is 15.7 Å². The topological polar surface area (TPSA) is 17.8 Å². The second-order valence-electron chi connectivity index (χ2n) is 5.60. The lowest BCUT2D eigenvalue weighted by atomic mass is 9.96. The molecule has 0 aliphatic rings. The minimum absolute atomic E-state index is 0.396. The summed E-state index contributed by atoms with van der Waals surface area (Å²) in [6.07, 6.45) is 5.02. The molecule has 1 aromatic carbocycles. The predicted molar refractivity (Wildman–Crippen MR) is 90.3 cm³/mol. The molecule has 0 bridgehead atoms. The van der Waals surface area contributed by atoms with E-state index < -0.39 is 0 Å². The Kier molecular flexibility index (Phi) is 6.13. The molecule has 2 aromatic rings. The van der Waals surface area contributed by atoms with Crippen molar-refractivity contribution in [2.24, 2.45) is 5.92 Å². The number of hydrogen-bond acceptors (Lipinski definition) is 1. The Morgan fingerprint density at radius 2 is 1.86 bits per heavy atom. The summed E-state index contributed by atoms with van der Waals surface area (Å²) in [5, 5.41) is 5.43. The van der Waals surface area contributed by atoms with Gasteiger partial charge in [-0.05, 0) is 55.9 Å². The van der Waals surface area contributed by atoms with Gasteiger partial charge in [-0.2, -0.15) is 5.10 Å². The highest BCUT2D eigenvalue weighted by molar-refractivity contribution is 6.30. The van der Waals surface area contributed by atoms with E-state index in [1.807, 2.05) is 16.8 Å². The van der Waals surface area contributed by atoms with Crippen LogP contribution in [0.2, 0.25) is 5.02 Å². The van der Waals surface area contributed by atoms with Crippen molar-refractivity contribution < 1.29 is 0 Å². The highest BCUT2D eigenvalue weighted by Crippen LogP contribution is 2.18. The van der Waals surface area contributed by atoms with E-state index in [-0.39, 0.29) is 0 Å².